The molecule has 3 heterocycles. The molecule has 0 bridgehead atoms. The third-order valence-corrected chi connectivity index (χ3v) is 5.21. The van der Waals surface area contributed by atoms with Gasteiger partial charge in [0.25, 0.3) is 5.91 Å². The summed E-state index contributed by atoms with van der Waals surface area (Å²) >= 11 is 1.70. The molecule has 2 aromatic rings. The highest BCUT2D eigenvalue weighted by Gasteiger charge is 2.40. The molecule has 6 heteroatoms. The number of thiophene rings is 1. The van der Waals surface area contributed by atoms with E-state index in [1.54, 1.807) is 34.6 Å². The van der Waals surface area contributed by atoms with E-state index in [1.165, 1.54) is 17.0 Å². The van der Waals surface area contributed by atoms with Crippen molar-refractivity contribution in [3.05, 3.63) is 70.4 Å². The van der Waals surface area contributed by atoms with Crippen molar-refractivity contribution in [3.8, 4) is 0 Å². The van der Waals surface area contributed by atoms with Gasteiger partial charge in [0.15, 0.2) is 0 Å². The number of halogens is 1. The van der Waals surface area contributed by atoms with Crippen LogP contribution in [0.4, 0.5) is 4.39 Å². The van der Waals surface area contributed by atoms with Crippen LogP contribution in [0.15, 0.2) is 54.2 Å². The van der Waals surface area contributed by atoms with E-state index in [2.05, 4.69) is 11.5 Å². The number of nitrogens with one attached hydrogen (secondary N) is 1. The van der Waals surface area contributed by atoms with Crippen molar-refractivity contribution in [3.63, 3.8) is 0 Å². The Bertz CT molecular complexity index is 729. The van der Waals surface area contributed by atoms with Gasteiger partial charge in [0.1, 0.15) is 11.9 Å². The summed E-state index contributed by atoms with van der Waals surface area (Å²) in [6.45, 7) is 0.462. The Morgan fingerprint density at radius 3 is 2.78 bits per heavy atom. The lowest BCUT2D eigenvalue weighted by molar-refractivity contribution is -0.134. The van der Waals surface area contributed by atoms with E-state index in [4.69, 9.17) is 0 Å². The Balaban J connectivity index is 1.48. The summed E-state index contributed by atoms with van der Waals surface area (Å²) in [5.74, 6) is -0.192. The van der Waals surface area contributed by atoms with Crippen molar-refractivity contribution >= 4 is 17.2 Å². The molecule has 0 saturated carbocycles. The van der Waals surface area contributed by atoms with Crippen LogP contribution in [0, 0.1) is 5.82 Å². The first-order chi connectivity index (χ1) is 11.2. The van der Waals surface area contributed by atoms with Gasteiger partial charge in [-0.2, -0.15) is 0 Å². The van der Waals surface area contributed by atoms with Crippen LogP contribution in [0.5, 0.6) is 0 Å². The van der Waals surface area contributed by atoms with E-state index in [-0.39, 0.29) is 23.8 Å². The largest absolute Gasteiger partial charge is 0.311 e. The Morgan fingerprint density at radius 2 is 2.04 bits per heavy atom. The molecule has 0 aliphatic carbocycles. The van der Waals surface area contributed by atoms with Gasteiger partial charge in [-0.1, -0.05) is 18.2 Å². The Kier molecular flexibility index (Phi) is 3.63. The smallest absolute Gasteiger partial charge is 0.251 e. The van der Waals surface area contributed by atoms with Gasteiger partial charge < -0.3 is 9.91 Å². The molecule has 4 nitrogen and oxygen atoms in total. The van der Waals surface area contributed by atoms with Crippen LogP contribution in [0.25, 0.3) is 0 Å². The number of hydrogen-bond donors (Lipinski definition) is 1. The van der Waals surface area contributed by atoms with E-state index < -0.39 is 0 Å². The number of carbonyl (C=O) groups excluding carboxylic acids is 1. The van der Waals surface area contributed by atoms with Crippen LogP contribution < -0.4 is 5.43 Å². The number of fused-ring (bicyclic) bond motifs is 1. The normalized spacial score (nSPS) is 23.4. The number of hydrogen-bond acceptors (Lipinski definition) is 4. The van der Waals surface area contributed by atoms with Gasteiger partial charge in [0, 0.05) is 23.7 Å². The summed E-state index contributed by atoms with van der Waals surface area (Å²) in [5, 5.41) is 3.95. The molecule has 1 fully saturated rings. The van der Waals surface area contributed by atoms with Crippen molar-refractivity contribution in [1.29, 1.82) is 0 Å². The molecular formula is C17H16FN3OS. The summed E-state index contributed by atoms with van der Waals surface area (Å²) in [5.41, 5.74) is 4.29. The quantitative estimate of drug-likeness (QED) is 0.940. The molecule has 2 aliphatic rings. The van der Waals surface area contributed by atoms with Crippen LogP contribution >= 0.6 is 11.3 Å². The molecule has 0 spiro atoms. The van der Waals surface area contributed by atoms with E-state index >= 15 is 0 Å². The van der Waals surface area contributed by atoms with Crippen molar-refractivity contribution in [2.75, 3.05) is 0 Å². The zero-order chi connectivity index (χ0) is 15.8. The second kappa shape index (κ2) is 5.79. The van der Waals surface area contributed by atoms with Gasteiger partial charge in [-0.3, -0.25) is 4.79 Å². The maximum absolute atomic E-state index is 13.0. The number of nitrogens with zero attached hydrogens (tertiary/aromatic N) is 2. The number of carbonyl (C=O) groups is 1. The third kappa shape index (κ3) is 2.75. The van der Waals surface area contributed by atoms with Gasteiger partial charge in [0.05, 0.1) is 12.6 Å². The van der Waals surface area contributed by atoms with E-state index in [1.807, 2.05) is 22.7 Å². The third-order valence-electron chi connectivity index (χ3n) is 4.23. The molecule has 1 amide bonds. The standard InChI is InChI=1S/C17H16FN3OS/c18-13-5-3-12(4-6-13)11-20-7-8-21-15(17(20)22)10-14(19-21)16-2-1-9-23-16/h1-9,14-15,19H,10-11H2. The van der Waals surface area contributed by atoms with Crippen molar-refractivity contribution in [2.24, 2.45) is 0 Å². The maximum Gasteiger partial charge on any atom is 0.251 e. The van der Waals surface area contributed by atoms with Crippen molar-refractivity contribution in [2.45, 2.75) is 25.0 Å². The van der Waals surface area contributed by atoms with Crippen molar-refractivity contribution < 1.29 is 9.18 Å². The van der Waals surface area contributed by atoms with Crippen LogP contribution in [0.3, 0.4) is 0 Å². The maximum atomic E-state index is 13.0. The molecule has 2 aliphatic heterocycles. The fourth-order valence-electron chi connectivity index (χ4n) is 3.03. The molecule has 2 unspecified atom stereocenters. The van der Waals surface area contributed by atoms with Crippen LogP contribution in [-0.2, 0) is 11.3 Å². The molecule has 1 aromatic carbocycles. The van der Waals surface area contributed by atoms with Gasteiger partial charge in [-0.25, -0.2) is 9.82 Å². The molecule has 118 valence electrons. The summed E-state index contributed by atoms with van der Waals surface area (Å²) in [6, 6.07) is 10.4. The molecule has 0 radical (unpaired) electrons. The molecule has 23 heavy (non-hydrogen) atoms. The van der Waals surface area contributed by atoms with Gasteiger partial charge in [-0.15, -0.1) is 11.3 Å². The van der Waals surface area contributed by atoms with Crippen LogP contribution in [-0.4, -0.2) is 21.9 Å². The SMILES string of the molecule is O=C1C2CC(c3cccs3)NN2C=CN1Cc1ccc(F)cc1. The number of benzene rings is 1. The van der Waals surface area contributed by atoms with E-state index in [9.17, 15) is 9.18 Å². The highest BCUT2D eigenvalue weighted by atomic mass is 32.1. The lowest BCUT2D eigenvalue weighted by Gasteiger charge is -2.31. The zero-order valence-corrected chi connectivity index (χ0v) is 13.2. The molecule has 1 saturated heterocycles. The summed E-state index contributed by atoms with van der Waals surface area (Å²) in [4.78, 5) is 15.7. The minimum absolute atomic E-state index is 0.0726. The summed E-state index contributed by atoms with van der Waals surface area (Å²) in [7, 11) is 0. The molecule has 1 N–H and O–H groups in total. The molecule has 1 aromatic heterocycles. The predicted octanol–water partition coefficient (Wildman–Crippen LogP) is 3.02. The number of hydrazine groups is 1. The second-order valence-electron chi connectivity index (χ2n) is 5.75. The molecular weight excluding hydrogens is 313 g/mol. The Labute approximate surface area is 137 Å². The highest BCUT2D eigenvalue weighted by molar-refractivity contribution is 7.10. The van der Waals surface area contributed by atoms with Crippen LogP contribution in [0.1, 0.15) is 22.9 Å². The monoisotopic (exact) mass is 329 g/mol. The average molecular weight is 329 g/mol. The van der Waals surface area contributed by atoms with Gasteiger partial charge in [0.2, 0.25) is 0 Å². The second-order valence-corrected chi connectivity index (χ2v) is 6.73. The van der Waals surface area contributed by atoms with Gasteiger partial charge in [-0.05, 0) is 29.1 Å². The minimum atomic E-state index is -0.265. The van der Waals surface area contributed by atoms with Crippen LogP contribution in [0.2, 0.25) is 0 Å². The number of rotatable bonds is 3. The number of amides is 1. The fraction of sp³-hybridized carbons (Fsp3) is 0.235. The topological polar surface area (TPSA) is 35.6 Å². The first-order valence-electron chi connectivity index (χ1n) is 7.52. The van der Waals surface area contributed by atoms with E-state index in [0.717, 1.165) is 12.0 Å². The molecule has 2 atom stereocenters. The minimum Gasteiger partial charge on any atom is -0.311 e. The summed E-state index contributed by atoms with van der Waals surface area (Å²) < 4.78 is 13.0. The predicted molar refractivity (Wildman–Crippen MR) is 86.5 cm³/mol. The molecule has 4 rings (SSSR count). The van der Waals surface area contributed by atoms with Crippen molar-refractivity contribution in [1.82, 2.24) is 15.3 Å². The lowest BCUT2D eigenvalue weighted by Crippen LogP contribution is -2.47. The Morgan fingerprint density at radius 1 is 1.22 bits per heavy atom. The average Bonchev–Trinajstić information content (AvgIpc) is 3.21. The lowest BCUT2D eigenvalue weighted by atomic mass is 10.1. The van der Waals surface area contributed by atoms with Gasteiger partial charge >= 0.3 is 0 Å². The highest BCUT2D eigenvalue weighted by Crippen LogP contribution is 2.33. The van der Waals surface area contributed by atoms with E-state index in [0.29, 0.717) is 6.54 Å². The first kappa shape index (κ1) is 14.4. The zero-order valence-electron chi connectivity index (χ0n) is 12.4. The Hall–Kier alpha value is -2.18. The summed E-state index contributed by atoms with van der Waals surface area (Å²) in [6.07, 6.45) is 4.44. The first-order valence-corrected chi connectivity index (χ1v) is 8.40. The fourth-order valence-corrected chi connectivity index (χ4v) is 3.81.